The second-order valence-corrected chi connectivity index (χ2v) is 16.8. The maximum Gasteiger partial charge on any atom is 0.133 e. The first-order chi connectivity index (χ1) is 24.5. The zero-order chi connectivity index (χ0) is 36.8. The van der Waals surface area contributed by atoms with E-state index >= 15 is 0 Å². The molecular weight excluding hydrogens is 607 g/mol. The summed E-state index contributed by atoms with van der Waals surface area (Å²) in [7, 11) is 0. The molecular formula is C48H95NO. The number of rotatable bonds is 42. The van der Waals surface area contributed by atoms with E-state index in [4.69, 9.17) is 0 Å². The second kappa shape index (κ2) is 39.6. The van der Waals surface area contributed by atoms with Crippen molar-refractivity contribution in [3.8, 4) is 0 Å². The molecule has 2 nitrogen and oxygen atoms in total. The largest absolute Gasteiger partial charge is 0.303 e. The molecule has 0 spiro atoms. The third-order valence-electron chi connectivity index (χ3n) is 11.5. The molecule has 2 heteroatoms. The Morgan fingerprint density at radius 1 is 0.440 bits per heavy atom. The molecule has 0 fully saturated rings. The first kappa shape index (κ1) is 49.4. The summed E-state index contributed by atoms with van der Waals surface area (Å²) in [4.78, 5) is 15.7. The molecule has 0 N–H and O–H groups in total. The van der Waals surface area contributed by atoms with E-state index < -0.39 is 0 Å². The van der Waals surface area contributed by atoms with Crippen LogP contribution in [-0.4, -0.2) is 30.3 Å². The van der Waals surface area contributed by atoms with Crippen LogP contribution in [0.4, 0.5) is 0 Å². The lowest BCUT2D eigenvalue weighted by Crippen LogP contribution is -2.27. The molecule has 0 aliphatic rings. The van der Waals surface area contributed by atoms with E-state index in [-0.39, 0.29) is 0 Å². The molecule has 0 saturated carbocycles. The molecule has 1 atom stereocenters. The van der Waals surface area contributed by atoms with Gasteiger partial charge in [-0.3, -0.25) is 4.79 Å². The van der Waals surface area contributed by atoms with Gasteiger partial charge in [0.2, 0.25) is 0 Å². The molecule has 0 aliphatic heterocycles. The van der Waals surface area contributed by atoms with Crippen LogP contribution in [0.5, 0.6) is 0 Å². The van der Waals surface area contributed by atoms with Crippen molar-refractivity contribution >= 4 is 5.78 Å². The molecule has 298 valence electrons. The highest BCUT2D eigenvalue weighted by molar-refractivity contribution is 5.78. The van der Waals surface area contributed by atoms with Crippen molar-refractivity contribution in [2.75, 3.05) is 19.6 Å². The van der Waals surface area contributed by atoms with Crippen molar-refractivity contribution in [1.29, 1.82) is 0 Å². The second-order valence-electron chi connectivity index (χ2n) is 16.8. The van der Waals surface area contributed by atoms with Gasteiger partial charge in [-0.15, -0.1) is 0 Å². The third-order valence-corrected chi connectivity index (χ3v) is 11.5. The van der Waals surface area contributed by atoms with Gasteiger partial charge in [-0.25, -0.2) is 0 Å². The SMILES string of the molecule is C=C(CCCCCCCN(CCC)CCCCCCCC(=O)CC(CCCCCCCC)CCCCCCCC)CCC(C)CCCCCC. The first-order valence-electron chi connectivity index (χ1n) is 23.4. The fraction of sp³-hybridized carbons (Fsp3) is 0.938. The predicted molar refractivity (Wildman–Crippen MR) is 228 cm³/mol. The monoisotopic (exact) mass is 702 g/mol. The van der Waals surface area contributed by atoms with E-state index in [1.807, 2.05) is 0 Å². The average Bonchev–Trinajstić information content (AvgIpc) is 3.11. The Morgan fingerprint density at radius 2 is 0.860 bits per heavy atom. The fourth-order valence-electron chi connectivity index (χ4n) is 7.92. The molecule has 0 saturated heterocycles. The van der Waals surface area contributed by atoms with Gasteiger partial charge in [0, 0.05) is 12.8 Å². The summed E-state index contributed by atoms with van der Waals surface area (Å²) in [5, 5.41) is 0. The topological polar surface area (TPSA) is 20.3 Å². The van der Waals surface area contributed by atoms with Gasteiger partial charge in [0.05, 0.1) is 0 Å². The van der Waals surface area contributed by atoms with Crippen LogP contribution in [0.2, 0.25) is 0 Å². The van der Waals surface area contributed by atoms with Crippen molar-refractivity contribution in [3.63, 3.8) is 0 Å². The Balaban J connectivity index is 3.99. The zero-order valence-corrected chi connectivity index (χ0v) is 35.6. The summed E-state index contributed by atoms with van der Waals surface area (Å²) >= 11 is 0. The number of hydrogen-bond donors (Lipinski definition) is 0. The number of hydrogen-bond acceptors (Lipinski definition) is 2. The van der Waals surface area contributed by atoms with E-state index in [0.29, 0.717) is 11.7 Å². The minimum atomic E-state index is 0.559. The number of ketones is 1. The standard InChI is InChI=1S/C48H95NO/c1-7-11-14-17-22-29-36-47(37-30-23-18-15-12-8-2)44-48(50)38-31-24-20-26-33-43-49(41-10-4)42-32-25-19-21-28-35-46(6)40-39-45(5)34-27-16-13-9-3/h45,47H,6-44H2,1-5H3. The van der Waals surface area contributed by atoms with Crippen molar-refractivity contribution in [3.05, 3.63) is 12.2 Å². The molecule has 0 aliphatic carbocycles. The molecule has 0 aromatic carbocycles. The molecule has 0 amide bonds. The van der Waals surface area contributed by atoms with Crippen LogP contribution in [0.1, 0.15) is 259 Å². The summed E-state index contributed by atoms with van der Waals surface area (Å²) in [6.07, 6.45) is 45.9. The quantitative estimate of drug-likeness (QED) is 0.0466. The van der Waals surface area contributed by atoms with Crippen LogP contribution >= 0.6 is 0 Å². The average molecular weight is 702 g/mol. The van der Waals surface area contributed by atoms with Crippen LogP contribution in [0, 0.1) is 11.8 Å². The molecule has 0 aromatic rings. The summed E-state index contributed by atoms with van der Waals surface area (Å²) in [6.45, 7) is 19.9. The highest BCUT2D eigenvalue weighted by Crippen LogP contribution is 2.24. The van der Waals surface area contributed by atoms with Gasteiger partial charge in [0.15, 0.2) is 0 Å². The maximum atomic E-state index is 12.9. The number of allylic oxidation sites excluding steroid dienone is 1. The summed E-state index contributed by atoms with van der Waals surface area (Å²) in [5.41, 5.74) is 1.50. The number of carbonyl (C=O) groups is 1. The van der Waals surface area contributed by atoms with Crippen molar-refractivity contribution in [1.82, 2.24) is 4.90 Å². The van der Waals surface area contributed by atoms with E-state index in [1.165, 1.54) is 231 Å². The lowest BCUT2D eigenvalue weighted by atomic mass is 9.89. The normalized spacial score (nSPS) is 12.4. The maximum absolute atomic E-state index is 12.9. The Morgan fingerprint density at radius 3 is 1.38 bits per heavy atom. The van der Waals surface area contributed by atoms with Crippen LogP contribution in [0.3, 0.4) is 0 Å². The van der Waals surface area contributed by atoms with Crippen molar-refractivity contribution in [2.45, 2.75) is 259 Å². The number of nitrogens with zero attached hydrogens (tertiary/aromatic N) is 1. The molecule has 1 unspecified atom stereocenters. The Kier molecular flexibility index (Phi) is 39.1. The number of Topliss-reactive ketones (excluding diaryl/α,β-unsaturated/α-hetero) is 1. The van der Waals surface area contributed by atoms with Gasteiger partial charge < -0.3 is 4.90 Å². The summed E-state index contributed by atoms with van der Waals surface area (Å²) in [5.74, 6) is 2.08. The molecule has 0 bridgehead atoms. The fourth-order valence-corrected chi connectivity index (χ4v) is 7.92. The van der Waals surface area contributed by atoms with Crippen LogP contribution in [0.15, 0.2) is 12.2 Å². The lowest BCUT2D eigenvalue weighted by Gasteiger charge is -2.21. The lowest BCUT2D eigenvalue weighted by molar-refractivity contribution is -0.120. The smallest absolute Gasteiger partial charge is 0.133 e. The molecule has 50 heavy (non-hydrogen) atoms. The van der Waals surface area contributed by atoms with Gasteiger partial charge in [-0.1, -0.05) is 207 Å². The highest BCUT2D eigenvalue weighted by atomic mass is 16.1. The Labute approximate surface area is 317 Å². The molecule has 0 aromatic heterocycles. The van der Waals surface area contributed by atoms with E-state index in [9.17, 15) is 4.79 Å². The van der Waals surface area contributed by atoms with Gasteiger partial charge in [0.1, 0.15) is 5.78 Å². The molecule has 0 rings (SSSR count). The van der Waals surface area contributed by atoms with E-state index in [0.717, 1.165) is 25.2 Å². The van der Waals surface area contributed by atoms with E-state index in [2.05, 4.69) is 46.1 Å². The summed E-state index contributed by atoms with van der Waals surface area (Å²) < 4.78 is 0. The van der Waals surface area contributed by atoms with Gasteiger partial charge in [0.25, 0.3) is 0 Å². The Hall–Kier alpha value is -0.630. The van der Waals surface area contributed by atoms with Crippen molar-refractivity contribution in [2.24, 2.45) is 11.8 Å². The predicted octanol–water partition coefficient (Wildman–Crippen LogP) is 16.4. The first-order valence-corrected chi connectivity index (χ1v) is 23.4. The van der Waals surface area contributed by atoms with Gasteiger partial charge >= 0.3 is 0 Å². The summed E-state index contributed by atoms with van der Waals surface area (Å²) in [6, 6.07) is 0. The number of carbonyl (C=O) groups excluding carboxylic acids is 1. The van der Waals surface area contributed by atoms with Crippen LogP contribution < -0.4 is 0 Å². The van der Waals surface area contributed by atoms with Crippen molar-refractivity contribution < 1.29 is 4.79 Å². The van der Waals surface area contributed by atoms with Gasteiger partial charge in [-0.05, 0) is 82.8 Å². The number of unbranched alkanes of at least 4 members (excludes halogenated alkanes) is 21. The molecule has 0 radical (unpaired) electrons. The van der Waals surface area contributed by atoms with Crippen LogP contribution in [0.25, 0.3) is 0 Å². The minimum Gasteiger partial charge on any atom is -0.303 e. The van der Waals surface area contributed by atoms with Crippen LogP contribution in [-0.2, 0) is 4.79 Å². The highest BCUT2D eigenvalue weighted by Gasteiger charge is 2.14. The third kappa shape index (κ3) is 35.8. The zero-order valence-electron chi connectivity index (χ0n) is 35.6. The van der Waals surface area contributed by atoms with E-state index in [1.54, 1.807) is 0 Å². The minimum absolute atomic E-state index is 0.559. The van der Waals surface area contributed by atoms with Gasteiger partial charge in [-0.2, -0.15) is 0 Å². The molecule has 0 heterocycles. The Bertz CT molecular complexity index is 684.